The van der Waals surface area contributed by atoms with Crippen LogP contribution in [0.2, 0.25) is 0 Å². The normalized spacial score (nSPS) is 11.8. The number of aryl methyl sites for hydroxylation is 1. The van der Waals surface area contributed by atoms with Crippen LogP contribution in [0.4, 0.5) is 0 Å². The van der Waals surface area contributed by atoms with Crippen LogP contribution in [0.1, 0.15) is 35.3 Å². The van der Waals surface area contributed by atoms with Crippen LogP contribution in [-0.2, 0) is 27.2 Å². The zero-order valence-electron chi connectivity index (χ0n) is 17.5. The van der Waals surface area contributed by atoms with Crippen LogP contribution < -0.4 is 4.80 Å². The van der Waals surface area contributed by atoms with Crippen molar-refractivity contribution < 1.29 is 19.1 Å². The highest BCUT2D eigenvalue weighted by atomic mass is 32.1. The molecule has 0 saturated heterocycles. The Balaban J connectivity index is 1.96. The van der Waals surface area contributed by atoms with E-state index in [9.17, 15) is 9.59 Å². The second-order valence-electron chi connectivity index (χ2n) is 6.80. The molecule has 0 bridgehead atoms. The maximum atomic E-state index is 12.6. The minimum Gasteiger partial charge on any atom is -0.462 e. The minimum atomic E-state index is -0.359. The highest BCUT2D eigenvalue weighted by Gasteiger charge is 2.13. The van der Waals surface area contributed by atoms with Gasteiger partial charge < -0.3 is 14.0 Å². The summed E-state index contributed by atoms with van der Waals surface area (Å²) in [5.41, 5.74) is 3.48. The average Bonchev–Trinajstić information content (AvgIpc) is 3.06. The predicted molar refractivity (Wildman–Crippen MR) is 118 cm³/mol. The highest BCUT2D eigenvalue weighted by Crippen LogP contribution is 2.20. The predicted octanol–water partition coefficient (Wildman–Crippen LogP) is 3.89. The summed E-state index contributed by atoms with van der Waals surface area (Å²) in [4.78, 5) is 29.7. The number of fused-ring (bicyclic) bond motifs is 1. The molecule has 6 nitrogen and oxygen atoms in total. The summed E-state index contributed by atoms with van der Waals surface area (Å²) in [5, 5.41) is 0. The lowest BCUT2D eigenvalue weighted by atomic mass is 10.1. The molecule has 0 fully saturated rings. The molecule has 0 unspecified atom stereocenters. The number of amides is 1. The molecule has 0 radical (unpaired) electrons. The summed E-state index contributed by atoms with van der Waals surface area (Å²) in [7, 11) is 0. The van der Waals surface area contributed by atoms with Gasteiger partial charge in [-0.2, -0.15) is 4.99 Å². The number of esters is 1. The van der Waals surface area contributed by atoms with Gasteiger partial charge in [0.15, 0.2) is 4.80 Å². The molecule has 0 aliphatic rings. The summed E-state index contributed by atoms with van der Waals surface area (Å²) in [6, 6.07) is 13.3. The van der Waals surface area contributed by atoms with Gasteiger partial charge in [-0.1, -0.05) is 41.2 Å². The van der Waals surface area contributed by atoms with E-state index in [1.807, 2.05) is 48.7 Å². The molecule has 30 heavy (non-hydrogen) atoms. The van der Waals surface area contributed by atoms with Gasteiger partial charge in [-0.3, -0.25) is 4.79 Å². The fourth-order valence-electron chi connectivity index (χ4n) is 3.04. The van der Waals surface area contributed by atoms with Crippen LogP contribution in [0.3, 0.4) is 0 Å². The number of nitrogens with zero attached hydrogens (tertiary/aromatic N) is 2. The quantitative estimate of drug-likeness (QED) is 0.405. The number of hydrogen-bond donors (Lipinski definition) is 0. The molecule has 158 valence electrons. The molecule has 1 aromatic heterocycles. The monoisotopic (exact) mass is 426 g/mol. The Bertz CT molecular complexity index is 1100. The topological polar surface area (TPSA) is 69.9 Å². The Morgan fingerprint density at radius 2 is 1.83 bits per heavy atom. The fraction of sp³-hybridized carbons (Fsp3) is 0.348. The van der Waals surface area contributed by atoms with Crippen molar-refractivity contribution in [3.8, 4) is 0 Å². The molecule has 1 heterocycles. The third-order valence-electron chi connectivity index (χ3n) is 4.55. The summed E-state index contributed by atoms with van der Waals surface area (Å²) >= 11 is 1.39. The lowest BCUT2D eigenvalue weighted by Crippen LogP contribution is -2.20. The summed E-state index contributed by atoms with van der Waals surface area (Å²) in [6.45, 7) is 7.76. The number of carbonyl (C=O) groups is 2. The van der Waals surface area contributed by atoms with E-state index in [0.29, 0.717) is 36.7 Å². The molecule has 0 atom stereocenters. The zero-order chi connectivity index (χ0) is 21.5. The Labute approximate surface area is 179 Å². The first kappa shape index (κ1) is 21.9. The van der Waals surface area contributed by atoms with E-state index >= 15 is 0 Å². The standard InChI is InChI=1S/C23H26N2O4S/c1-4-28-13-12-25-19-11-10-18(22(27)29-5-2)15-20(19)30-23(25)24-21(26)14-17-8-6-16(3)7-9-17/h6-11,15H,4-5,12-14H2,1-3H3. The highest BCUT2D eigenvalue weighted by molar-refractivity contribution is 7.16. The second kappa shape index (κ2) is 10.3. The third-order valence-corrected chi connectivity index (χ3v) is 5.59. The van der Waals surface area contributed by atoms with Gasteiger partial charge in [0.05, 0.1) is 35.4 Å². The molecule has 0 aliphatic carbocycles. The van der Waals surface area contributed by atoms with Gasteiger partial charge >= 0.3 is 5.97 Å². The van der Waals surface area contributed by atoms with Crippen molar-refractivity contribution in [2.24, 2.45) is 4.99 Å². The van der Waals surface area contributed by atoms with Gasteiger partial charge in [-0.15, -0.1) is 0 Å². The first-order chi connectivity index (χ1) is 14.5. The van der Waals surface area contributed by atoms with Crippen LogP contribution in [0.25, 0.3) is 10.2 Å². The lowest BCUT2D eigenvalue weighted by Gasteiger charge is -2.06. The van der Waals surface area contributed by atoms with E-state index in [1.54, 1.807) is 19.1 Å². The Kier molecular flexibility index (Phi) is 7.54. The molecule has 0 N–H and O–H groups in total. The summed E-state index contributed by atoms with van der Waals surface area (Å²) < 4.78 is 13.4. The van der Waals surface area contributed by atoms with Gasteiger partial charge in [-0.25, -0.2) is 4.79 Å². The second-order valence-corrected chi connectivity index (χ2v) is 7.81. The molecule has 0 aliphatic heterocycles. The molecular formula is C23H26N2O4S. The molecule has 1 amide bonds. The van der Waals surface area contributed by atoms with E-state index in [4.69, 9.17) is 9.47 Å². The number of aromatic nitrogens is 1. The summed E-state index contributed by atoms with van der Waals surface area (Å²) in [5.74, 6) is -0.566. The Morgan fingerprint density at radius 1 is 1.07 bits per heavy atom. The van der Waals surface area contributed by atoms with Crippen molar-refractivity contribution in [2.75, 3.05) is 19.8 Å². The van der Waals surface area contributed by atoms with Crippen LogP contribution in [-0.4, -0.2) is 36.3 Å². The SMILES string of the molecule is CCOCCn1c(=NC(=O)Cc2ccc(C)cc2)sc2cc(C(=O)OCC)ccc21. The van der Waals surface area contributed by atoms with Gasteiger partial charge in [0.2, 0.25) is 0 Å². The van der Waals surface area contributed by atoms with E-state index in [1.165, 1.54) is 11.3 Å². The molecule has 7 heteroatoms. The van der Waals surface area contributed by atoms with Crippen molar-refractivity contribution in [3.05, 3.63) is 64.0 Å². The average molecular weight is 427 g/mol. The summed E-state index contributed by atoms with van der Waals surface area (Å²) in [6.07, 6.45) is 0.244. The van der Waals surface area contributed by atoms with Crippen molar-refractivity contribution in [1.29, 1.82) is 0 Å². The smallest absolute Gasteiger partial charge is 0.338 e. The Morgan fingerprint density at radius 3 is 2.53 bits per heavy atom. The number of hydrogen-bond acceptors (Lipinski definition) is 5. The minimum absolute atomic E-state index is 0.207. The van der Waals surface area contributed by atoms with Gasteiger partial charge in [-0.05, 0) is 44.5 Å². The number of rotatable bonds is 8. The first-order valence-corrected chi connectivity index (χ1v) is 10.8. The van der Waals surface area contributed by atoms with Crippen molar-refractivity contribution >= 4 is 33.4 Å². The molecular weight excluding hydrogens is 400 g/mol. The van der Waals surface area contributed by atoms with E-state index in [2.05, 4.69) is 4.99 Å². The number of benzene rings is 2. The van der Waals surface area contributed by atoms with Crippen LogP contribution in [0, 0.1) is 6.92 Å². The van der Waals surface area contributed by atoms with Crippen LogP contribution >= 0.6 is 11.3 Å². The number of carbonyl (C=O) groups excluding carboxylic acids is 2. The molecule has 3 aromatic rings. The largest absolute Gasteiger partial charge is 0.462 e. The molecule has 0 saturated carbocycles. The van der Waals surface area contributed by atoms with Gasteiger partial charge in [0.1, 0.15) is 0 Å². The van der Waals surface area contributed by atoms with E-state index < -0.39 is 0 Å². The molecule has 2 aromatic carbocycles. The molecule has 3 rings (SSSR count). The van der Waals surface area contributed by atoms with Crippen LogP contribution in [0.15, 0.2) is 47.5 Å². The number of thiazole rings is 1. The lowest BCUT2D eigenvalue weighted by molar-refractivity contribution is -0.117. The van der Waals surface area contributed by atoms with Crippen molar-refractivity contribution in [2.45, 2.75) is 33.7 Å². The maximum absolute atomic E-state index is 12.6. The van der Waals surface area contributed by atoms with Gasteiger partial charge in [0, 0.05) is 13.2 Å². The van der Waals surface area contributed by atoms with Gasteiger partial charge in [0.25, 0.3) is 5.91 Å². The molecule has 0 spiro atoms. The Hall–Kier alpha value is -2.77. The first-order valence-electron chi connectivity index (χ1n) is 10.0. The zero-order valence-corrected chi connectivity index (χ0v) is 18.3. The van der Waals surface area contributed by atoms with Crippen LogP contribution in [0.5, 0.6) is 0 Å². The number of ether oxygens (including phenoxy) is 2. The fourth-order valence-corrected chi connectivity index (χ4v) is 4.16. The third kappa shape index (κ3) is 5.43. The maximum Gasteiger partial charge on any atom is 0.338 e. The van der Waals surface area contributed by atoms with Crippen molar-refractivity contribution in [3.63, 3.8) is 0 Å². The van der Waals surface area contributed by atoms with Crippen molar-refractivity contribution in [1.82, 2.24) is 4.57 Å². The van der Waals surface area contributed by atoms with E-state index in [0.717, 1.165) is 21.3 Å². The van der Waals surface area contributed by atoms with E-state index in [-0.39, 0.29) is 18.3 Å².